The smallest absolute Gasteiger partial charge is 0.124 e. The fourth-order valence-electron chi connectivity index (χ4n) is 3.20. The fourth-order valence-corrected chi connectivity index (χ4v) is 3.20. The predicted molar refractivity (Wildman–Crippen MR) is 87.0 cm³/mol. The minimum atomic E-state index is 0.0556. The van der Waals surface area contributed by atoms with Gasteiger partial charge in [-0.05, 0) is 52.1 Å². The first kappa shape index (κ1) is 16.3. The monoisotopic (exact) mass is 291 g/mol. The maximum atomic E-state index is 5.84. The van der Waals surface area contributed by atoms with Crippen molar-refractivity contribution >= 4 is 0 Å². The average molecular weight is 291 g/mol. The number of hydrogen-bond donors (Lipinski definition) is 1. The molecule has 1 unspecified atom stereocenters. The van der Waals surface area contributed by atoms with Crippen LogP contribution in [0.4, 0.5) is 0 Å². The van der Waals surface area contributed by atoms with E-state index in [0.717, 1.165) is 18.7 Å². The van der Waals surface area contributed by atoms with Crippen LogP contribution in [0.5, 0.6) is 5.75 Å². The molecule has 1 aliphatic rings. The van der Waals surface area contributed by atoms with Crippen molar-refractivity contribution in [2.75, 3.05) is 20.3 Å². The zero-order valence-corrected chi connectivity index (χ0v) is 13.9. The maximum Gasteiger partial charge on any atom is 0.124 e. The minimum Gasteiger partial charge on any atom is -0.494 e. The van der Waals surface area contributed by atoms with Crippen molar-refractivity contribution in [3.05, 3.63) is 29.3 Å². The predicted octanol–water partition coefficient (Wildman–Crippen LogP) is 4.00. The summed E-state index contributed by atoms with van der Waals surface area (Å²) in [7, 11) is 1.85. The molecule has 0 aliphatic heterocycles. The molecule has 0 radical (unpaired) electrons. The Morgan fingerprint density at radius 2 is 2.05 bits per heavy atom. The molecule has 1 fully saturated rings. The zero-order valence-electron chi connectivity index (χ0n) is 13.9. The zero-order chi connectivity index (χ0) is 15.3. The van der Waals surface area contributed by atoms with Crippen LogP contribution in [-0.4, -0.2) is 25.9 Å². The second kappa shape index (κ2) is 7.28. The lowest BCUT2D eigenvalue weighted by molar-refractivity contribution is -0.0838. The molecule has 0 bridgehead atoms. The first-order valence-electron chi connectivity index (χ1n) is 8.16. The number of aryl methyl sites for hydroxylation is 1. The van der Waals surface area contributed by atoms with Gasteiger partial charge in [0.05, 0.1) is 12.2 Å². The van der Waals surface area contributed by atoms with Gasteiger partial charge in [0.15, 0.2) is 0 Å². The molecule has 0 heterocycles. The van der Waals surface area contributed by atoms with E-state index in [1.54, 1.807) is 0 Å². The van der Waals surface area contributed by atoms with E-state index in [1.165, 1.54) is 30.4 Å². The van der Waals surface area contributed by atoms with Crippen LogP contribution in [0.15, 0.2) is 18.2 Å². The third-order valence-electron chi connectivity index (χ3n) is 4.56. The summed E-state index contributed by atoms with van der Waals surface area (Å²) in [5.41, 5.74) is 2.60. The van der Waals surface area contributed by atoms with Gasteiger partial charge in [-0.15, -0.1) is 0 Å². The summed E-state index contributed by atoms with van der Waals surface area (Å²) >= 11 is 0. The molecule has 1 saturated carbocycles. The normalized spacial score (nSPS) is 18.1. The Morgan fingerprint density at radius 3 is 2.57 bits per heavy atom. The molecule has 0 amide bonds. The molecular weight excluding hydrogens is 262 g/mol. The lowest BCUT2D eigenvalue weighted by atomic mass is 9.74. The van der Waals surface area contributed by atoms with Crippen molar-refractivity contribution in [2.45, 2.75) is 58.1 Å². The summed E-state index contributed by atoms with van der Waals surface area (Å²) in [5.74, 6) is 1.000. The number of methoxy groups -OCH3 is 1. The summed E-state index contributed by atoms with van der Waals surface area (Å²) in [5, 5.41) is 3.62. The largest absolute Gasteiger partial charge is 0.494 e. The summed E-state index contributed by atoms with van der Waals surface area (Å²) in [6.07, 6.45) is 4.63. The van der Waals surface area contributed by atoms with Gasteiger partial charge in [0.25, 0.3) is 0 Å². The fraction of sp³-hybridized carbons (Fsp3) is 0.667. The van der Waals surface area contributed by atoms with Gasteiger partial charge in [-0.25, -0.2) is 0 Å². The van der Waals surface area contributed by atoms with E-state index in [1.807, 2.05) is 14.0 Å². The SMILES string of the molecule is CCNC(CC1(OC)CCC1)c1cc(C)ccc1OCC. The standard InChI is InChI=1S/C18H29NO2/c1-5-19-16(13-18(20-4)10-7-11-18)15-12-14(3)8-9-17(15)21-6-2/h8-9,12,16,19H,5-7,10-11,13H2,1-4H3. The van der Waals surface area contributed by atoms with Crippen molar-refractivity contribution in [3.8, 4) is 5.75 Å². The summed E-state index contributed by atoms with van der Waals surface area (Å²) in [6.45, 7) is 7.98. The molecule has 2 rings (SSSR count). The Hall–Kier alpha value is -1.06. The molecule has 1 aliphatic carbocycles. The van der Waals surface area contributed by atoms with Crippen LogP contribution in [0.2, 0.25) is 0 Å². The van der Waals surface area contributed by atoms with Crippen LogP contribution in [0.25, 0.3) is 0 Å². The van der Waals surface area contributed by atoms with Gasteiger partial charge in [0.1, 0.15) is 5.75 Å². The number of ether oxygens (including phenoxy) is 2. The van der Waals surface area contributed by atoms with Gasteiger partial charge in [-0.1, -0.05) is 24.6 Å². The van der Waals surface area contributed by atoms with E-state index in [-0.39, 0.29) is 11.6 Å². The lowest BCUT2D eigenvalue weighted by Crippen LogP contribution is -2.43. The highest BCUT2D eigenvalue weighted by molar-refractivity contribution is 5.39. The van der Waals surface area contributed by atoms with Gasteiger partial charge >= 0.3 is 0 Å². The molecule has 1 atom stereocenters. The Labute approximate surface area is 129 Å². The van der Waals surface area contributed by atoms with E-state index in [0.29, 0.717) is 6.61 Å². The Morgan fingerprint density at radius 1 is 1.29 bits per heavy atom. The van der Waals surface area contributed by atoms with Gasteiger partial charge < -0.3 is 14.8 Å². The number of hydrogen-bond acceptors (Lipinski definition) is 3. The van der Waals surface area contributed by atoms with Gasteiger partial charge in [0.2, 0.25) is 0 Å². The van der Waals surface area contributed by atoms with Crippen LogP contribution in [-0.2, 0) is 4.74 Å². The average Bonchev–Trinajstić information content (AvgIpc) is 2.44. The highest BCUT2D eigenvalue weighted by atomic mass is 16.5. The van der Waals surface area contributed by atoms with E-state index in [4.69, 9.17) is 9.47 Å². The van der Waals surface area contributed by atoms with E-state index in [2.05, 4.69) is 37.4 Å². The molecule has 118 valence electrons. The van der Waals surface area contributed by atoms with Crippen molar-refractivity contribution in [1.82, 2.24) is 5.32 Å². The van der Waals surface area contributed by atoms with Crippen LogP contribution < -0.4 is 10.1 Å². The Bertz CT molecular complexity index is 449. The first-order valence-corrected chi connectivity index (χ1v) is 8.16. The van der Waals surface area contributed by atoms with Crippen molar-refractivity contribution in [1.29, 1.82) is 0 Å². The number of rotatable bonds is 8. The molecular formula is C18H29NO2. The molecule has 1 N–H and O–H groups in total. The molecule has 1 aromatic carbocycles. The van der Waals surface area contributed by atoms with Crippen LogP contribution in [0, 0.1) is 6.92 Å². The molecule has 3 nitrogen and oxygen atoms in total. The number of nitrogens with one attached hydrogen (secondary N) is 1. The molecule has 1 aromatic rings. The molecule has 3 heteroatoms. The van der Waals surface area contributed by atoms with Gasteiger partial charge in [-0.2, -0.15) is 0 Å². The highest BCUT2D eigenvalue weighted by Crippen LogP contribution is 2.43. The van der Waals surface area contributed by atoms with Crippen LogP contribution >= 0.6 is 0 Å². The summed E-state index contributed by atoms with van der Waals surface area (Å²) < 4.78 is 11.7. The third-order valence-corrected chi connectivity index (χ3v) is 4.56. The summed E-state index contributed by atoms with van der Waals surface area (Å²) in [6, 6.07) is 6.75. The topological polar surface area (TPSA) is 30.5 Å². The van der Waals surface area contributed by atoms with E-state index < -0.39 is 0 Å². The van der Waals surface area contributed by atoms with E-state index >= 15 is 0 Å². The van der Waals surface area contributed by atoms with Gasteiger partial charge in [0, 0.05) is 18.7 Å². The minimum absolute atomic E-state index is 0.0556. The second-order valence-corrected chi connectivity index (χ2v) is 6.03. The van der Waals surface area contributed by atoms with Crippen molar-refractivity contribution in [2.24, 2.45) is 0 Å². The second-order valence-electron chi connectivity index (χ2n) is 6.03. The Kier molecular flexibility index (Phi) is 5.65. The quantitative estimate of drug-likeness (QED) is 0.785. The van der Waals surface area contributed by atoms with Crippen molar-refractivity contribution < 1.29 is 9.47 Å². The van der Waals surface area contributed by atoms with Crippen molar-refractivity contribution in [3.63, 3.8) is 0 Å². The molecule has 0 aromatic heterocycles. The van der Waals surface area contributed by atoms with Crippen LogP contribution in [0.1, 0.15) is 56.7 Å². The highest BCUT2D eigenvalue weighted by Gasteiger charge is 2.39. The first-order chi connectivity index (χ1) is 10.1. The van der Waals surface area contributed by atoms with Gasteiger partial charge in [-0.3, -0.25) is 0 Å². The van der Waals surface area contributed by atoms with E-state index in [9.17, 15) is 0 Å². The third kappa shape index (κ3) is 3.78. The molecule has 21 heavy (non-hydrogen) atoms. The maximum absolute atomic E-state index is 5.84. The lowest BCUT2D eigenvalue weighted by Gasteiger charge is -2.43. The number of benzene rings is 1. The van der Waals surface area contributed by atoms with Crippen LogP contribution in [0.3, 0.4) is 0 Å². The summed E-state index contributed by atoms with van der Waals surface area (Å²) in [4.78, 5) is 0. The molecule has 0 saturated heterocycles. The Balaban J connectivity index is 2.26. The molecule has 0 spiro atoms.